The van der Waals surface area contributed by atoms with Gasteiger partial charge in [-0.15, -0.1) is 10.2 Å². The summed E-state index contributed by atoms with van der Waals surface area (Å²) in [5, 5.41) is 131. The van der Waals surface area contributed by atoms with Gasteiger partial charge in [0.2, 0.25) is 47.5 Å². The van der Waals surface area contributed by atoms with Crippen LogP contribution in [0.1, 0.15) is 44.5 Å². The first-order valence-electron chi connectivity index (χ1n) is 24.9. The van der Waals surface area contributed by atoms with E-state index in [2.05, 4.69) is 102 Å². The molecule has 7 rings (SSSR count). The van der Waals surface area contributed by atoms with Crippen molar-refractivity contribution < 1.29 is 61.0 Å². The first-order valence-corrected chi connectivity index (χ1v) is 24.9. The number of hydrogen-bond donors (Lipinski definition) is 14. The van der Waals surface area contributed by atoms with Crippen LogP contribution < -0.4 is 43.0 Å². The molecule has 14 N–H and O–H groups in total. The quantitative estimate of drug-likeness (QED) is 0.0151. The molecule has 0 unspecified atom stereocenters. The Labute approximate surface area is 474 Å². The van der Waals surface area contributed by atoms with Crippen LogP contribution in [0, 0.1) is 36.5 Å². The lowest BCUT2D eigenvalue weighted by Gasteiger charge is -2.15. The van der Waals surface area contributed by atoms with Crippen LogP contribution in [0.5, 0.6) is 11.8 Å². The van der Waals surface area contributed by atoms with Crippen LogP contribution in [0.25, 0.3) is 0 Å². The van der Waals surface area contributed by atoms with E-state index in [4.69, 9.17) is 21.0 Å². The van der Waals surface area contributed by atoms with Crippen LogP contribution in [-0.4, -0.2) is 120 Å². The first-order chi connectivity index (χ1) is 40.7. The summed E-state index contributed by atoms with van der Waals surface area (Å²) in [5.41, 5.74) is 0.689. The van der Waals surface area contributed by atoms with Gasteiger partial charge in [0.1, 0.15) is 49.7 Å². The summed E-state index contributed by atoms with van der Waals surface area (Å²) < 4.78 is 1.85. The molecule has 0 amide bonds. The van der Waals surface area contributed by atoms with Gasteiger partial charge in [0, 0.05) is 61.8 Å². The predicted molar refractivity (Wildman–Crippen MR) is 295 cm³/mol. The molecule has 34 heteroatoms. The van der Waals surface area contributed by atoms with Crippen molar-refractivity contribution in [3.8, 4) is 23.9 Å². The highest BCUT2D eigenvalue weighted by atomic mass is 17.1. The molecule has 0 fully saturated rings. The summed E-state index contributed by atoms with van der Waals surface area (Å²) in [6.07, 6.45) is 0. The Kier molecular flexibility index (Phi) is 21.9. The maximum absolute atomic E-state index is 13.8. The highest BCUT2D eigenvalue weighted by molar-refractivity contribution is 5.64. The Bertz CT molecular complexity index is 3430. The van der Waals surface area contributed by atoms with E-state index in [9.17, 15) is 40.5 Å². The van der Waals surface area contributed by atoms with Gasteiger partial charge in [0.05, 0.1) is 24.6 Å². The van der Waals surface area contributed by atoms with Crippen LogP contribution >= 0.6 is 0 Å². The van der Waals surface area contributed by atoms with E-state index in [0.717, 1.165) is 9.13 Å². The number of nitrogens with zero attached hydrogens (tertiary/aromatic N) is 14. The molecule has 84 heavy (non-hydrogen) atoms. The van der Waals surface area contributed by atoms with Gasteiger partial charge in [-0.3, -0.25) is 39.8 Å². The number of aliphatic hydroxyl groups excluding tert-OH is 2. The number of anilines is 8. The number of aliphatic hydroxyl groups is 2. The molecule has 7 aromatic rings. The molecule has 0 spiro atoms. The van der Waals surface area contributed by atoms with Crippen molar-refractivity contribution in [2.45, 2.75) is 53.4 Å². The first kappa shape index (κ1) is 61.4. The maximum Gasteiger partial charge on any atom is 0.281 e. The van der Waals surface area contributed by atoms with E-state index < -0.39 is 22.9 Å². The van der Waals surface area contributed by atoms with Crippen molar-refractivity contribution in [2.24, 2.45) is 20.5 Å². The number of pyridine rings is 2. The SMILES string of the molecule is Cc1c(C#N)c(O)n(CCNc2nc(NCCO)nc(Nc3ccc(Nc4nc(NCCO)nc(NCCn5c(O)c(C#N)c(C)c(N=Nc6cc(COO)cc(COO)c6)c5=O)n4)cc3)n2)c(=O)c1N=Nc1cc(COO)cc(COO)c1. The Morgan fingerprint density at radius 2 is 0.798 bits per heavy atom. The smallest absolute Gasteiger partial charge is 0.281 e. The fraction of sp³-hybridized carbons (Fsp3) is 0.280. The largest absolute Gasteiger partial charge is 0.493 e. The molecule has 0 aliphatic heterocycles. The van der Waals surface area contributed by atoms with E-state index in [-0.39, 0.29) is 160 Å². The molecule has 4 aromatic heterocycles. The monoisotopic (exact) mass is 1160 g/mol. The number of azo groups is 2. The lowest BCUT2D eigenvalue weighted by atomic mass is 10.1. The zero-order chi connectivity index (χ0) is 60.1. The van der Waals surface area contributed by atoms with E-state index >= 15 is 0 Å². The number of nitriles is 2. The fourth-order valence-electron chi connectivity index (χ4n) is 7.95. The minimum atomic E-state index is -0.789. The third-order valence-corrected chi connectivity index (χ3v) is 11.8. The molecular weight excluding hydrogens is 1100 g/mol. The number of benzene rings is 3. The lowest BCUT2D eigenvalue weighted by molar-refractivity contribution is -0.254. The molecule has 0 saturated carbocycles. The minimum Gasteiger partial charge on any atom is -0.493 e. The van der Waals surface area contributed by atoms with E-state index in [0.29, 0.717) is 33.6 Å². The molecule has 0 aliphatic carbocycles. The Hall–Kier alpha value is -10.2. The van der Waals surface area contributed by atoms with Crippen LogP contribution in [0.4, 0.5) is 69.8 Å². The summed E-state index contributed by atoms with van der Waals surface area (Å²) in [5.74, 6) is -1.03. The van der Waals surface area contributed by atoms with Crippen molar-refractivity contribution in [1.82, 2.24) is 39.0 Å². The van der Waals surface area contributed by atoms with Crippen LogP contribution in [0.3, 0.4) is 0 Å². The van der Waals surface area contributed by atoms with Gasteiger partial charge in [-0.1, -0.05) is 12.1 Å². The lowest BCUT2D eigenvalue weighted by Crippen LogP contribution is -2.25. The number of aromatic hydroxyl groups is 2. The van der Waals surface area contributed by atoms with Crippen molar-refractivity contribution >= 4 is 69.8 Å². The van der Waals surface area contributed by atoms with Crippen LogP contribution in [0.15, 0.2) is 90.7 Å². The number of rotatable bonds is 30. The number of nitrogens with one attached hydrogen (secondary N) is 6. The molecule has 0 bridgehead atoms. The Balaban J connectivity index is 1.04. The highest BCUT2D eigenvalue weighted by Gasteiger charge is 2.22. The fourth-order valence-corrected chi connectivity index (χ4v) is 7.95. The van der Waals surface area contributed by atoms with Gasteiger partial charge in [-0.25, -0.2) is 19.6 Å². The molecule has 3 aromatic carbocycles. The molecule has 34 nitrogen and oxygen atoms in total. The Morgan fingerprint density at radius 3 is 1.10 bits per heavy atom. The van der Waals surface area contributed by atoms with E-state index in [1.165, 1.54) is 38.1 Å². The zero-order valence-electron chi connectivity index (χ0n) is 44.5. The van der Waals surface area contributed by atoms with Crippen molar-refractivity contribution in [1.29, 1.82) is 10.5 Å². The molecule has 0 radical (unpaired) electrons. The summed E-state index contributed by atoms with van der Waals surface area (Å²) in [6, 6.07) is 19.6. The molecule has 0 aliphatic rings. The topological polar surface area (TPSA) is 489 Å². The third-order valence-electron chi connectivity index (χ3n) is 11.8. The number of aromatic nitrogens is 8. The second-order valence-corrected chi connectivity index (χ2v) is 17.6. The van der Waals surface area contributed by atoms with Crippen molar-refractivity contribution in [2.75, 3.05) is 71.3 Å². The maximum atomic E-state index is 13.8. The van der Waals surface area contributed by atoms with Crippen LogP contribution in [-0.2, 0) is 59.1 Å². The highest BCUT2D eigenvalue weighted by Crippen LogP contribution is 2.30. The second kappa shape index (κ2) is 30.0. The molecular formula is C50H54N20O14. The van der Waals surface area contributed by atoms with Gasteiger partial charge >= 0.3 is 0 Å². The average molecular weight is 1160 g/mol. The molecule has 4 heterocycles. The molecule has 0 atom stereocenters. The van der Waals surface area contributed by atoms with Gasteiger partial charge in [0.25, 0.3) is 11.1 Å². The van der Waals surface area contributed by atoms with Crippen molar-refractivity contribution in [3.05, 3.63) is 126 Å². The summed E-state index contributed by atoms with van der Waals surface area (Å²) >= 11 is 0. The third kappa shape index (κ3) is 16.0. The standard InChI is InChI=1S/C50H54N20O14/c1-27-37(21-51)41(73)69(43(75)39(27)67-65-35-17-29(23-81-77)15-30(18-35)24-82-78)11-7-53-45-59-47(55-9-13-71)63-49(61-45)57-33-3-5-34(6-4-33)58-50-62-46(60-48(64-50)56-10-14-72)54-8-12-70-42(74)38(22-52)28(2)40(44(70)76)68-66-36-19-31(25-83-79)16-32(20-36)26-84-80/h3-6,15-20,71-74,77-80H,7-14,23-26H2,1-2H3,(H3,53,55,57,59,61,63)(H3,54,56,58,60,62,64). The Morgan fingerprint density at radius 1 is 0.488 bits per heavy atom. The van der Waals surface area contributed by atoms with Crippen LogP contribution in [0.2, 0.25) is 0 Å². The van der Waals surface area contributed by atoms with Gasteiger partial charge < -0.3 is 52.3 Å². The zero-order valence-corrected chi connectivity index (χ0v) is 44.5. The average Bonchev–Trinajstić information content (AvgIpc) is 2.14. The normalized spacial score (nSPS) is 11.2. The predicted octanol–water partition coefficient (Wildman–Crippen LogP) is 5.46. The van der Waals surface area contributed by atoms with Gasteiger partial charge in [-0.2, -0.15) is 50.7 Å². The molecule has 0 saturated heterocycles. The van der Waals surface area contributed by atoms with E-state index in [1.807, 2.05) is 12.1 Å². The van der Waals surface area contributed by atoms with Gasteiger partial charge in [-0.05, 0) is 84.6 Å². The molecule has 438 valence electrons. The summed E-state index contributed by atoms with van der Waals surface area (Å²) in [7, 11) is 0. The minimum absolute atomic E-state index is 0.00654. The van der Waals surface area contributed by atoms with E-state index in [1.54, 1.807) is 36.4 Å². The summed E-state index contributed by atoms with van der Waals surface area (Å²) in [6.45, 7) is 0.957. The number of hydrogen-bond acceptors (Lipinski definition) is 32. The van der Waals surface area contributed by atoms with Gasteiger partial charge in [0.15, 0.2) is 11.4 Å². The van der Waals surface area contributed by atoms with Crippen molar-refractivity contribution in [3.63, 3.8) is 0 Å². The second-order valence-electron chi connectivity index (χ2n) is 17.6. The summed E-state index contributed by atoms with van der Waals surface area (Å²) in [4.78, 5) is 70.7.